The molecule has 1 saturated carbocycles. The molecule has 2 aliphatic heterocycles. The van der Waals surface area contributed by atoms with Gasteiger partial charge in [0.25, 0.3) is 0 Å². The summed E-state index contributed by atoms with van der Waals surface area (Å²) in [6.07, 6.45) is 6.75. The Morgan fingerprint density at radius 2 is 1.77 bits per heavy atom. The lowest BCUT2D eigenvalue weighted by Gasteiger charge is -2.36. The van der Waals surface area contributed by atoms with E-state index >= 15 is 0 Å². The van der Waals surface area contributed by atoms with E-state index < -0.39 is 0 Å². The summed E-state index contributed by atoms with van der Waals surface area (Å²) in [4.78, 5) is 44.1. The lowest BCUT2D eigenvalue weighted by atomic mass is 9.93. The van der Waals surface area contributed by atoms with Crippen molar-refractivity contribution in [1.29, 1.82) is 0 Å². The number of likely N-dealkylation sites (tertiary alicyclic amines) is 2. The number of H-pyrrole nitrogens is 1. The molecule has 1 aromatic carbocycles. The molecule has 3 heterocycles. The van der Waals surface area contributed by atoms with Gasteiger partial charge in [0.2, 0.25) is 5.91 Å². The van der Waals surface area contributed by atoms with Gasteiger partial charge in [-0.25, -0.2) is 4.79 Å². The Bertz CT molecular complexity index is 1030. The van der Waals surface area contributed by atoms with Gasteiger partial charge in [-0.2, -0.15) is 0 Å². The van der Waals surface area contributed by atoms with Crippen molar-refractivity contribution in [2.24, 2.45) is 5.41 Å². The van der Waals surface area contributed by atoms with E-state index in [4.69, 9.17) is 0 Å². The fraction of sp³-hybridized carbons (Fsp3) is 0.609. The van der Waals surface area contributed by atoms with Crippen molar-refractivity contribution in [1.82, 2.24) is 19.4 Å². The minimum absolute atomic E-state index is 0.00974. The predicted molar refractivity (Wildman–Crippen MR) is 115 cm³/mol. The Morgan fingerprint density at radius 1 is 1.07 bits per heavy atom. The Morgan fingerprint density at radius 3 is 2.40 bits per heavy atom. The minimum Gasteiger partial charge on any atom is -0.342 e. The number of carbonyl (C=O) groups excluding carboxylic acids is 2. The number of imidazole rings is 1. The molecule has 0 radical (unpaired) electrons. The maximum atomic E-state index is 12.7. The summed E-state index contributed by atoms with van der Waals surface area (Å²) in [5.74, 6) is 0.245. The van der Waals surface area contributed by atoms with Crippen LogP contribution >= 0.6 is 0 Å². The number of benzene rings is 1. The number of hydrogen-bond acceptors (Lipinski definition) is 4. The normalized spacial score (nSPS) is 22.0. The van der Waals surface area contributed by atoms with Crippen LogP contribution in [0.1, 0.15) is 61.8 Å². The third kappa shape index (κ3) is 3.60. The van der Waals surface area contributed by atoms with Gasteiger partial charge in [-0.3, -0.25) is 19.1 Å². The van der Waals surface area contributed by atoms with Crippen LogP contribution in [-0.4, -0.2) is 63.8 Å². The third-order valence-corrected chi connectivity index (χ3v) is 7.54. The number of nitrogens with zero attached hydrogens (tertiary/aromatic N) is 3. The van der Waals surface area contributed by atoms with E-state index in [9.17, 15) is 14.4 Å². The molecule has 3 aliphatic rings. The number of Topliss-reactive ketones (excluding diaryl/α,β-unsaturated/α-hetero) is 1. The molecule has 0 unspecified atom stereocenters. The maximum Gasteiger partial charge on any atom is 0.326 e. The number of amides is 1. The van der Waals surface area contributed by atoms with Crippen molar-refractivity contribution in [2.45, 2.75) is 51.5 Å². The highest BCUT2D eigenvalue weighted by atomic mass is 16.2. The zero-order chi connectivity index (χ0) is 20.9. The highest BCUT2D eigenvalue weighted by molar-refractivity contribution is 5.97. The standard InChI is InChI=1S/C23H30N4O3/c1-16(28)17-2-3-20-19(14-17)24-22(30)27(20)18-4-10-25(11-5-18)15-21(29)26-12-8-23(6-7-23)9-13-26/h2-3,14,18H,4-13,15H2,1H3,(H,24,30). The van der Waals surface area contributed by atoms with Gasteiger partial charge in [0.05, 0.1) is 17.6 Å². The lowest BCUT2D eigenvalue weighted by molar-refractivity contribution is -0.134. The van der Waals surface area contributed by atoms with Crippen LogP contribution < -0.4 is 5.69 Å². The van der Waals surface area contributed by atoms with Crippen LogP contribution in [0.4, 0.5) is 0 Å². The first-order chi connectivity index (χ1) is 14.4. The van der Waals surface area contributed by atoms with E-state index in [0.29, 0.717) is 23.0 Å². The average molecular weight is 411 g/mol. The molecule has 160 valence electrons. The number of ketones is 1. The molecule has 1 spiro atoms. The first kappa shape index (κ1) is 19.5. The molecule has 0 atom stereocenters. The van der Waals surface area contributed by atoms with Crippen molar-refractivity contribution in [3.05, 3.63) is 34.2 Å². The molecule has 30 heavy (non-hydrogen) atoms. The van der Waals surface area contributed by atoms with Gasteiger partial charge in [-0.1, -0.05) is 0 Å². The van der Waals surface area contributed by atoms with E-state index in [0.717, 1.165) is 44.5 Å². The molecule has 5 rings (SSSR count). The molecule has 3 fully saturated rings. The largest absolute Gasteiger partial charge is 0.342 e. The monoisotopic (exact) mass is 410 g/mol. The Kier molecular flexibility index (Phi) is 4.81. The summed E-state index contributed by atoms with van der Waals surface area (Å²) < 4.78 is 1.83. The number of aromatic amines is 1. The molecular weight excluding hydrogens is 380 g/mol. The number of nitrogens with one attached hydrogen (secondary N) is 1. The second-order valence-corrected chi connectivity index (χ2v) is 9.48. The first-order valence-corrected chi connectivity index (χ1v) is 11.2. The molecular formula is C23H30N4O3. The second-order valence-electron chi connectivity index (χ2n) is 9.48. The topological polar surface area (TPSA) is 78.4 Å². The highest BCUT2D eigenvalue weighted by Gasteiger charge is 2.45. The summed E-state index contributed by atoms with van der Waals surface area (Å²) in [5, 5.41) is 0. The van der Waals surface area contributed by atoms with Crippen molar-refractivity contribution in [2.75, 3.05) is 32.7 Å². The minimum atomic E-state index is -0.123. The van der Waals surface area contributed by atoms with E-state index in [1.165, 1.54) is 32.6 Å². The third-order valence-electron chi connectivity index (χ3n) is 7.54. The van der Waals surface area contributed by atoms with Crippen LogP contribution in [0, 0.1) is 5.41 Å². The summed E-state index contributed by atoms with van der Waals surface area (Å²) in [5.41, 5.74) is 2.63. The van der Waals surface area contributed by atoms with Crippen LogP contribution in [0.3, 0.4) is 0 Å². The van der Waals surface area contributed by atoms with Gasteiger partial charge >= 0.3 is 5.69 Å². The zero-order valence-electron chi connectivity index (χ0n) is 17.7. The van der Waals surface area contributed by atoms with E-state index in [1.807, 2.05) is 15.5 Å². The second kappa shape index (κ2) is 7.38. The molecule has 2 saturated heterocycles. The quantitative estimate of drug-likeness (QED) is 0.786. The molecule has 1 aromatic heterocycles. The molecule has 2 aromatic rings. The number of hydrogen-bond donors (Lipinski definition) is 1. The fourth-order valence-corrected chi connectivity index (χ4v) is 5.25. The van der Waals surface area contributed by atoms with Crippen molar-refractivity contribution >= 4 is 22.7 Å². The molecule has 7 heteroatoms. The van der Waals surface area contributed by atoms with Gasteiger partial charge in [-0.05, 0) is 69.1 Å². The van der Waals surface area contributed by atoms with Gasteiger partial charge in [0.15, 0.2) is 5.78 Å². The first-order valence-electron chi connectivity index (χ1n) is 11.2. The number of fused-ring (bicyclic) bond motifs is 1. The van der Waals surface area contributed by atoms with E-state index in [-0.39, 0.29) is 23.4 Å². The Labute approximate surface area is 176 Å². The molecule has 1 aliphatic carbocycles. The Balaban J connectivity index is 1.21. The predicted octanol–water partition coefficient (Wildman–Crippen LogP) is 2.57. The van der Waals surface area contributed by atoms with Crippen LogP contribution in [0.2, 0.25) is 0 Å². The van der Waals surface area contributed by atoms with Crippen molar-refractivity contribution < 1.29 is 9.59 Å². The van der Waals surface area contributed by atoms with E-state index in [1.54, 1.807) is 12.1 Å². The molecule has 7 nitrogen and oxygen atoms in total. The fourth-order valence-electron chi connectivity index (χ4n) is 5.25. The molecule has 1 N–H and O–H groups in total. The highest BCUT2D eigenvalue weighted by Crippen LogP contribution is 2.53. The summed E-state index contributed by atoms with van der Waals surface area (Å²) in [6.45, 7) is 5.49. The van der Waals surface area contributed by atoms with Gasteiger partial charge in [0.1, 0.15) is 0 Å². The van der Waals surface area contributed by atoms with Gasteiger partial charge < -0.3 is 9.88 Å². The van der Waals surface area contributed by atoms with Gasteiger partial charge in [0, 0.05) is 37.8 Å². The molecule has 1 amide bonds. The smallest absolute Gasteiger partial charge is 0.326 e. The average Bonchev–Trinajstić information content (AvgIpc) is 3.40. The molecule has 0 bridgehead atoms. The van der Waals surface area contributed by atoms with E-state index in [2.05, 4.69) is 9.88 Å². The SMILES string of the molecule is CC(=O)c1ccc2c(c1)[nH]c(=O)n2C1CCN(CC(=O)N2CCC3(CC2)CC3)CC1. The van der Waals surface area contributed by atoms with Crippen LogP contribution in [0.15, 0.2) is 23.0 Å². The maximum absolute atomic E-state index is 12.7. The summed E-state index contributed by atoms with van der Waals surface area (Å²) >= 11 is 0. The number of rotatable bonds is 4. The van der Waals surface area contributed by atoms with Crippen molar-refractivity contribution in [3.8, 4) is 0 Å². The van der Waals surface area contributed by atoms with Crippen molar-refractivity contribution in [3.63, 3.8) is 0 Å². The zero-order valence-corrected chi connectivity index (χ0v) is 17.7. The lowest BCUT2D eigenvalue weighted by Crippen LogP contribution is -2.46. The number of aromatic nitrogens is 2. The number of piperidine rings is 2. The number of carbonyl (C=O) groups is 2. The van der Waals surface area contributed by atoms with Crippen LogP contribution in [0.25, 0.3) is 11.0 Å². The van der Waals surface area contributed by atoms with Crippen LogP contribution in [-0.2, 0) is 4.79 Å². The Hall–Kier alpha value is -2.41. The van der Waals surface area contributed by atoms with Gasteiger partial charge in [-0.15, -0.1) is 0 Å². The van der Waals surface area contributed by atoms with Crippen LogP contribution in [0.5, 0.6) is 0 Å². The summed E-state index contributed by atoms with van der Waals surface area (Å²) in [6, 6.07) is 5.52. The summed E-state index contributed by atoms with van der Waals surface area (Å²) in [7, 11) is 0.